The van der Waals surface area contributed by atoms with Gasteiger partial charge in [-0.25, -0.2) is 0 Å². The summed E-state index contributed by atoms with van der Waals surface area (Å²) in [7, 11) is 0. The Kier molecular flexibility index (Phi) is 2.88. The summed E-state index contributed by atoms with van der Waals surface area (Å²) in [5.74, 6) is 0.911. The molecule has 2 N–H and O–H groups in total. The number of benzene rings is 2. The fraction of sp³-hybridized carbons (Fsp3) is 0.176. The molecule has 0 aliphatic heterocycles. The summed E-state index contributed by atoms with van der Waals surface area (Å²) in [6, 6.07) is 14.6. The van der Waals surface area contributed by atoms with Gasteiger partial charge in [-0.1, -0.05) is 23.8 Å². The fourth-order valence-electron chi connectivity index (χ4n) is 2.36. The smallest absolute Gasteiger partial charge is 0.135 e. The first-order valence-corrected chi connectivity index (χ1v) is 6.47. The average molecular weight is 251 g/mol. The maximum Gasteiger partial charge on any atom is 0.135 e. The standard InChI is InChI=1S/C17H17NO/c1-11-3-6-16-14(7-11)9-17(19-16)15-8-13(10-18)5-4-12(15)2/h3-9H,10,18H2,1-2H3. The summed E-state index contributed by atoms with van der Waals surface area (Å²) in [6.45, 7) is 4.73. The van der Waals surface area contributed by atoms with Crippen LogP contribution in [0.15, 0.2) is 46.9 Å². The van der Waals surface area contributed by atoms with Crippen LogP contribution < -0.4 is 5.73 Å². The molecule has 96 valence electrons. The Balaban J connectivity index is 2.18. The van der Waals surface area contributed by atoms with Gasteiger partial charge < -0.3 is 10.2 Å². The molecule has 2 nitrogen and oxygen atoms in total. The number of hydrogen-bond acceptors (Lipinski definition) is 2. The molecule has 3 aromatic rings. The number of fused-ring (bicyclic) bond motifs is 1. The molecule has 19 heavy (non-hydrogen) atoms. The molecule has 2 aromatic carbocycles. The zero-order chi connectivity index (χ0) is 13.4. The Hall–Kier alpha value is -2.06. The van der Waals surface area contributed by atoms with Crippen LogP contribution in [0.2, 0.25) is 0 Å². The highest BCUT2D eigenvalue weighted by Gasteiger charge is 2.09. The van der Waals surface area contributed by atoms with E-state index in [0.717, 1.165) is 27.9 Å². The van der Waals surface area contributed by atoms with Crippen LogP contribution in [0.5, 0.6) is 0 Å². The molecule has 0 spiro atoms. The highest BCUT2D eigenvalue weighted by atomic mass is 16.3. The first-order valence-electron chi connectivity index (χ1n) is 6.47. The van der Waals surface area contributed by atoms with Crippen LogP contribution in [0.4, 0.5) is 0 Å². The van der Waals surface area contributed by atoms with E-state index >= 15 is 0 Å². The quantitative estimate of drug-likeness (QED) is 0.742. The van der Waals surface area contributed by atoms with Crippen LogP contribution in [-0.2, 0) is 6.54 Å². The van der Waals surface area contributed by atoms with Crippen molar-refractivity contribution in [1.29, 1.82) is 0 Å². The van der Waals surface area contributed by atoms with Crippen LogP contribution in [0, 0.1) is 13.8 Å². The van der Waals surface area contributed by atoms with Crippen molar-refractivity contribution >= 4 is 11.0 Å². The lowest BCUT2D eigenvalue weighted by Gasteiger charge is -2.04. The predicted molar refractivity (Wildman–Crippen MR) is 79.0 cm³/mol. The second-order valence-corrected chi connectivity index (χ2v) is 5.01. The molecule has 3 rings (SSSR count). The SMILES string of the molecule is Cc1ccc2oc(-c3cc(CN)ccc3C)cc2c1. The van der Waals surface area contributed by atoms with Gasteiger partial charge in [-0.3, -0.25) is 0 Å². The van der Waals surface area contributed by atoms with Crippen molar-refractivity contribution in [3.63, 3.8) is 0 Å². The summed E-state index contributed by atoms with van der Waals surface area (Å²) in [4.78, 5) is 0. The minimum atomic E-state index is 0.548. The molecule has 0 aliphatic carbocycles. The van der Waals surface area contributed by atoms with E-state index in [1.807, 2.05) is 6.07 Å². The fourth-order valence-corrected chi connectivity index (χ4v) is 2.36. The zero-order valence-electron chi connectivity index (χ0n) is 11.2. The van der Waals surface area contributed by atoms with E-state index in [-0.39, 0.29) is 0 Å². The summed E-state index contributed by atoms with van der Waals surface area (Å²) >= 11 is 0. The number of furan rings is 1. The van der Waals surface area contributed by atoms with Crippen molar-refractivity contribution in [2.75, 3.05) is 0 Å². The normalized spacial score (nSPS) is 11.1. The summed E-state index contributed by atoms with van der Waals surface area (Å²) < 4.78 is 5.95. The molecule has 0 atom stereocenters. The van der Waals surface area contributed by atoms with E-state index in [1.54, 1.807) is 0 Å². The van der Waals surface area contributed by atoms with Gasteiger partial charge in [0.1, 0.15) is 11.3 Å². The Bertz CT molecular complexity index is 740. The maximum atomic E-state index is 5.95. The molecular formula is C17H17NO. The topological polar surface area (TPSA) is 39.2 Å². The molecule has 0 radical (unpaired) electrons. The first kappa shape index (κ1) is 12.0. The van der Waals surface area contributed by atoms with Gasteiger partial charge in [-0.2, -0.15) is 0 Å². The predicted octanol–water partition coefficient (Wildman–Crippen LogP) is 4.18. The van der Waals surface area contributed by atoms with Crippen LogP contribution in [0.3, 0.4) is 0 Å². The second-order valence-electron chi connectivity index (χ2n) is 5.01. The van der Waals surface area contributed by atoms with E-state index < -0.39 is 0 Å². The van der Waals surface area contributed by atoms with Gasteiger partial charge in [0.15, 0.2) is 0 Å². The monoisotopic (exact) mass is 251 g/mol. The molecule has 0 saturated carbocycles. The van der Waals surface area contributed by atoms with Gasteiger partial charge in [0.2, 0.25) is 0 Å². The Morgan fingerprint density at radius 2 is 1.84 bits per heavy atom. The van der Waals surface area contributed by atoms with Crippen molar-refractivity contribution in [1.82, 2.24) is 0 Å². The summed E-state index contributed by atoms with van der Waals surface area (Å²) in [5, 5.41) is 1.15. The third kappa shape index (κ3) is 2.15. The third-order valence-corrected chi connectivity index (χ3v) is 3.47. The molecular weight excluding hydrogens is 234 g/mol. The van der Waals surface area contributed by atoms with E-state index in [4.69, 9.17) is 10.2 Å². The van der Waals surface area contributed by atoms with Crippen LogP contribution >= 0.6 is 0 Å². The van der Waals surface area contributed by atoms with Crippen molar-refractivity contribution in [2.45, 2.75) is 20.4 Å². The highest BCUT2D eigenvalue weighted by Crippen LogP contribution is 2.31. The highest BCUT2D eigenvalue weighted by molar-refractivity contribution is 5.84. The van der Waals surface area contributed by atoms with Crippen LogP contribution in [0.1, 0.15) is 16.7 Å². The van der Waals surface area contributed by atoms with Gasteiger partial charge in [0.05, 0.1) is 0 Å². The average Bonchev–Trinajstić information content (AvgIpc) is 2.82. The molecule has 2 heteroatoms. The van der Waals surface area contributed by atoms with Gasteiger partial charge >= 0.3 is 0 Å². The lowest BCUT2D eigenvalue weighted by Crippen LogP contribution is -1.96. The van der Waals surface area contributed by atoms with Gasteiger partial charge in [-0.05, 0) is 49.2 Å². The number of aryl methyl sites for hydroxylation is 2. The Morgan fingerprint density at radius 3 is 2.63 bits per heavy atom. The van der Waals surface area contributed by atoms with Crippen molar-refractivity contribution in [3.05, 3.63) is 59.2 Å². The summed E-state index contributed by atoms with van der Waals surface area (Å²) in [5.41, 5.74) is 11.3. The van der Waals surface area contributed by atoms with E-state index in [1.165, 1.54) is 11.1 Å². The van der Waals surface area contributed by atoms with Crippen LogP contribution in [0.25, 0.3) is 22.3 Å². The van der Waals surface area contributed by atoms with E-state index in [2.05, 4.69) is 50.2 Å². The van der Waals surface area contributed by atoms with Gasteiger partial charge in [0, 0.05) is 17.5 Å². The number of hydrogen-bond donors (Lipinski definition) is 1. The molecule has 0 amide bonds. The number of rotatable bonds is 2. The largest absolute Gasteiger partial charge is 0.456 e. The lowest BCUT2D eigenvalue weighted by atomic mass is 10.0. The van der Waals surface area contributed by atoms with Crippen molar-refractivity contribution < 1.29 is 4.42 Å². The van der Waals surface area contributed by atoms with E-state index in [9.17, 15) is 0 Å². The minimum Gasteiger partial charge on any atom is -0.456 e. The van der Waals surface area contributed by atoms with Crippen LogP contribution in [-0.4, -0.2) is 0 Å². The molecule has 0 fully saturated rings. The van der Waals surface area contributed by atoms with E-state index in [0.29, 0.717) is 6.54 Å². The maximum absolute atomic E-state index is 5.95. The van der Waals surface area contributed by atoms with Gasteiger partial charge in [0.25, 0.3) is 0 Å². The first-order chi connectivity index (χ1) is 9.17. The zero-order valence-corrected chi connectivity index (χ0v) is 11.2. The molecule has 0 aliphatic rings. The Labute approximate surface area is 112 Å². The third-order valence-electron chi connectivity index (χ3n) is 3.47. The second kappa shape index (κ2) is 4.56. The molecule has 0 unspecified atom stereocenters. The Morgan fingerprint density at radius 1 is 1.00 bits per heavy atom. The van der Waals surface area contributed by atoms with Crippen molar-refractivity contribution in [2.24, 2.45) is 5.73 Å². The molecule has 0 saturated heterocycles. The minimum absolute atomic E-state index is 0.548. The van der Waals surface area contributed by atoms with Gasteiger partial charge in [-0.15, -0.1) is 0 Å². The molecule has 1 heterocycles. The summed E-state index contributed by atoms with van der Waals surface area (Å²) in [6.07, 6.45) is 0. The lowest BCUT2D eigenvalue weighted by molar-refractivity contribution is 0.631. The van der Waals surface area contributed by atoms with Crippen molar-refractivity contribution in [3.8, 4) is 11.3 Å². The molecule has 1 aromatic heterocycles. The molecule has 0 bridgehead atoms. The number of nitrogens with two attached hydrogens (primary N) is 1.